The zero-order valence-electron chi connectivity index (χ0n) is 11.0. The topological polar surface area (TPSA) is 49.4 Å². The van der Waals surface area contributed by atoms with Crippen LogP contribution < -0.4 is 5.32 Å². The smallest absolute Gasteiger partial charge is 0.245 e. The van der Waals surface area contributed by atoms with E-state index in [0.29, 0.717) is 18.5 Å². The molecule has 2 rings (SSSR count). The highest BCUT2D eigenvalue weighted by molar-refractivity contribution is 5.96. The average Bonchev–Trinajstić information content (AvgIpc) is 2.38. The summed E-state index contributed by atoms with van der Waals surface area (Å²) in [6, 6.07) is 5.46. The van der Waals surface area contributed by atoms with Gasteiger partial charge in [0.25, 0.3) is 0 Å². The maximum absolute atomic E-state index is 13.5. The summed E-state index contributed by atoms with van der Waals surface area (Å²) in [5, 5.41) is 2.61. The SMILES string of the molecule is CC1NC(=O)C(C)N(CCc2ccccc2F)C1=O. The van der Waals surface area contributed by atoms with Gasteiger partial charge < -0.3 is 10.2 Å². The molecule has 102 valence electrons. The number of benzene rings is 1. The largest absolute Gasteiger partial charge is 0.343 e. The van der Waals surface area contributed by atoms with Crippen molar-refractivity contribution >= 4 is 11.8 Å². The minimum absolute atomic E-state index is 0.122. The zero-order valence-corrected chi connectivity index (χ0v) is 11.0. The van der Waals surface area contributed by atoms with Crippen LogP contribution in [0.5, 0.6) is 0 Å². The average molecular weight is 264 g/mol. The molecule has 1 saturated heterocycles. The van der Waals surface area contributed by atoms with Crippen LogP contribution in [0.1, 0.15) is 19.4 Å². The van der Waals surface area contributed by atoms with Crippen molar-refractivity contribution in [2.75, 3.05) is 6.54 Å². The van der Waals surface area contributed by atoms with Crippen LogP contribution in [0.15, 0.2) is 24.3 Å². The summed E-state index contributed by atoms with van der Waals surface area (Å²) in [7, 11) is 0. The Hall–Kier alpha value is -1.91. The molecule has 0 aliphatic carbocycles. The minimum Gasteiger partial charge on any atom is -0.343 e. The van der Waals surface area contributed by atoms with E-state index in [2.05, 4.69) is 5.32 Å². The third-order valence-electron chi connectivity index (χ3n) is 3.44. The van der Waals surface area contributed by atoms with Crippen molar-refractivity contribution in [1.29, 1.82) is 0 Å². The number of amides is 2. The molecule has 1 fully saturated rings. The van der Waals surface area contributed by atoms with Gasteiger partial charge in [0.2, 0.25) is 11.8 Å². The van der Waals surface area contributed by atoms with E-state index >= 15 is 0 Å². The highest BCUT2D eigenvalue weighted by atomic mass is 19.1. The molecular formula is C14H17FN2O2. The van der Waals surface area contributed by atoms with Gasteiger partial charge in [0, 0.05) is 6.54 Å². The first-order chi connectivity index (χ1) is 9.00. The fourth-order valence-electron chi connectivity index (χ4n) is 2.22. The van der Waals surface area contributed by atoms with E-state index in [1.165, 1.54) is 11.0 Å². The van der Waals surface area contributed by atoms with Crippen molar-refractivity contribution in [2.45, 2.75) is 32.4 Å². The number of rotatable bonds is 3. The summed E-state index contributed by atoms with van der Waals surface area (Å²) >= 11 is 0. The Labute approximate surface area is 111 Å². The van der Waals surface area contributed by atoms with Gasteiger partial charge in [-0.2, -0.15) is 0 Å². The Morgan fingerprint density at radius 2 is 1.95 bits per heavy atom. The number of hydrogen-bond acceptors (Lipinski definition) is 2. The molecule has 2 atom stereocenters. The van der Waals surface area contributed by atoms with Crippen molar-refractivity contribution in [3.63, 3.8) is 0 Å². The van der Waals surface area contributed by atoms with Crippen LogP contribution in [0, 0.1) is 5.82 Å². The molecular weight excluding hydrogens is 247 g/mol. The van der Waals surface area contributed by atoms with Crippen LogP contribution in [0.3, 0.4) is 0 Å². The van der Waals surface area contributed by atoms with E-state index in [1.54, 1.807) is 32.0 Å². The van der Waals surface area contributed by atoms with Crippen LogP contribution in [0.25, 0.3) is 0 Å². The quantitative estimate of drug-likeness (QED) is 0.889. The number of nitrogens with zero attached hydrogens (tertiary/aromatic N) is 1. The second-order valence-corrected chi connectivity index (χ2v) is 4.78. The van der Waals surface area contributed by atoms with Gasteiger partial charge in [0.15, 0.2) is 0 Å². The van der Waals surface area contributed by atoms with E-state index in [1.807, 2.05) is 0 Å². The molecule has 1 N–H and O–H groups in total. The summed E-state index contributed by atoms with van der Waals surface area (Å²) in [5.74, 6) is -0.568. The standard InChI is InChI=1S/C14H17FN2O2/c1-9-14(19)17(10(2)13(18)16-9)8-7-11-5-3-4-6-12(11)15/h3-6,9-10H,7-8H2,1-2H3,(H,16,18). The fourth-order valence-corrected chi connectivity index (χ4v) is 2.22. The molecule has 5 heteroatoms. The van der Waals surface area contributed by atoms with E-state index in [-0.39, 0.29) is 17.6 Å². The van der Waals surface area contributed by atoms with E-state index in [9.17, 15) is 14.0 Å². The lowest BCUT2D eigenvalue weighted by Gasteiger charge is -2.36. The maximum atomic E-state index is 13.5. The second-order valence-electron chi connectivity index (χ2n) is 4.78. The predicted molar refractivity (Wildman–Crippen MR) is 68.9 cm³/mol. The molecule has 0 bridgehead atoms. The first-order valence-electron chi connectivity index (χ1n) is 6.35. The molecule has 19 heavy (non-hydrogen) atoms. The summed E-state index contributed by atoms with van der Waals surface area (Å²) in [5.41, 5.74) is 0.557. The number of hydrogen-bond donors (Lipinski definition) is 1. The lowest BCUT2D eigenvalue weighted by atomic mass is 10.1. The first-order valence-corrected chi connectivity index (χ1v) is 6.35. The van der Waals surface area contributed by atoms with Gasteiger partial charge in [-0.25, -0.2) is 4.39 Å². The lowest BCUT2D eigenvalue weighted by molar-refractivity contribution is -0.148. The molecule has 1 aromatic rings. The van der Waals surface area contributed by atoms with Gasteiger partial charge in [-0.15, -0.1) is 0 Å². The Balaban J connectivity index is 2.07. The van der Waals surface area contributed by atoms with Crippen molar-refractivity contribution in [3.8, 4) is 0 Å². The summed E-state index contributed by atoms with van der Waals surface area (Å²) in [4.78, 5) is 25.2. The van der Waals surface area contributed by atoms with Crippen molar-refractivity contribution in [1.82, 2.24) is 10.2 Å². The van der Waals surface area contributed by atoms with Crippen molar-refractivity contribution in [3.05, 3.63) is 35.6 Å². The third-order valence-corrected chi connectivity index (χ3v) is 3.44. The molecule has 1 aliphatic rings. The second kappa shape index (κ2) is 5.38. The molecule has 0 radical (unpaired) electrons. The van der Waals surface area contributed by atoms with Crippen LogP contribution in [0.4, 0.5) is 4.39 Å². The van der Waals surface area contributed by atoms with Gasteiger partial charge in [0.05, 0.1) is 0 Å². The molecule has 1 aliphatic heterocycles. The van der Waals surface area contributed by atoms with E-state index < -0.39 is 12.1 Å². The Kier molecular flexibility index (Phi) is 3.83. The highest BCUT2D eigenvalue weighted by Crippen LogP contribution is 2.13. The van der Waals surface area contributed by atoms with Crippen molar-refractivity contribution in [2.24, 2.45) is 0 Å². The molecule has 1 heterocycles. The van der Waals surface area contributed by atoms with Crippen LogP contribution in [-0.2, 0) is 16.0 Å². The molecule has 0 spiro atoms. The van der Waals surface area contributed by atoms with E-state index in [0.717, 1.165) is 0 Å². The first kappa shape index (κ1) is 13.5. The molecule has 2 amide bonds. The molecule has 2 unspecified atom stereocenters. The molecule has 1 aromatic carbocycles. The van der Waals surface area contributed by atoms with Crippen LogP contribution in [-0.4, -0.2) is 35.3 Å². The minimum atomic E-state index is -0.510. The van der Waals surface area contributed by atoms with Crippen LogP contribution >= 0.6 is 0 Å². The number of carbonyl (C=O) groups is 2. The summed E-state index contributed by atoms with van der Waals surface area (Å²) in [6.07, 6.45) is 0.406. The van der Waals surface area contributed by atoms with Crippen LogP contribution in [0.2, 0.25) is 0 Å². The molecule has 0 aromatic heterocycles. The van der Waals surface area contributed by atoms with Gasteiger partial charge in [-0.1, -0.05) is 18.2 Å². The normalized spacial score (nSPS) is 23.4. The summed E-state index contributed by atoms with van der Waals surface area (Å²) < 4.78 is 13.5. The summed E-state index contributed by atoms with van der Waals surface area (Å²) in [6.45, 7) is 3.68. The highest BCUT2D eigenvalue weighted by Gasteiger charge is 2.35. The van der Waals surface area contributed by atoms with Crippen molar-refractivity contribution < 1.29 is 14.0 Å². The number of piperazine rings is 1. The molecule has 4 nitrogen and oxygen atoms in total. The lowest BCUT2D eigenvalue weighted by Crippen LogP contribution is -2.61. The Bertz CT molecular complexity index is 504. The number of nitrogens with one attached hydrogen (secondary N) is 1. The fraction of sp³-hybridized carbons (Fsp3) is 0.429. The van der Waals surface area contributed by atoms with Gasteiger partial charge >= 0.3 is 0 Å². The van der Waals surface area contributed by atoms with Gasteiger partial charge in [0.1, 0.15) is 17.9 Å². The zero-order chi connectivity index (χ0) is 14.0. The van der Waals surface area contributed by atoms with Gasteiger partial charge in [-0.05, 0) is 31.9 Å². The Morgan fingerprint density at radius 1 is 1.26 bits per heavy atom. The van der Waals surface area contributed by atoms with E-state index in [4.69, 9.17) is 0 Å². The predicted octanol–water partition coefficient (Wildman–Crippen LogP) is 1.10. The monoisotopic (exact) mass is 264 g/mol. The number of halogens is 1. The number of carbonyl (C=O) groups excluding carboxylic acids is 2. The third kappa shape index (κ3) is 2.75. The Morgan fingerprint density at radius 3 is 2.63 bits per heavy atom. The van der Waals surface area contributed by atoms with Gasteiger partial charge in [-0.3, -0.25) is 9.59 Å². The molecule has 0 saturated carbocycles. The maximum Gasteiger partial charge on any atom is 0.245 e.